The number of carbonyl (C=O) groups is 4. The van der Waals surface area contributed by atoms with Crippen molar-refractivity contribution in [3.63, 3.8) is 0 Å². The zero-order valence-electron chi connectivity index (χ0n) is 24.0. The van der Waals surface area contributed by atoms with Gasteiger partial charge in [-0.25, -0.2) is 4.79 Å². The van der Waals surface area contributed by atoms with Crippen LogP contribution in [-0.4, -0.2) is 48.9 Å². The number of unbranched alkanes of at least 4 members (excludes halogenated alkanes) is 4. The highest BCUT2D eigenvalue weighted by Gasteiger charge is 2.21. The molecular weight excluding hydrogens is 506 g/mol. The molecule has 3 atom stereocenters. The molecule has 0 spiro atoms. The van der Waals surface area contributed by atoms with Crippen LogP contribution in [0.25, 0.3) is 0 Å². The first-order valence-electron chi connectivity index (χ1n) is 13.9. The van der Waals surface area contributed by atoms with E-state index in [0.29, 0.717) is 24.8 Å². The van der Waals surface area contributed by atoms with Crippen LogP contribution in [0.1, 0.15) is 98.0 Å². The molecule has 0 heterocycles. The number of hydrogen-bond acceptors (Lipinski definition) is 10. The van der Waals surface area contributed by atoms with Gasteiger partial charge in [0.15, 0.2) is 11.5 Å². The lowest BCUT2D eigenvalue weighted by atomic mass is 10.1. The van der Waals surface area contributed by atoms with Crippen LogP contribution in [0, 0.1) is 0 Å². The van der Waals surface area contributed by atoms with Gasteiger partial charge in [0, 0.05) is 12.8 Å². The Balaban J connectivity index is 2.80. The minimum Gasteiger partial charge on any atom is -0.461 e. The maximum atomic E-state index is 12.4. The first kappa shape index (κ1) is 33.9. The van der Waals surface area contributed by atoms with E-state index in [1.807, 2.05) is 20.8 Å². The average Bonchev–Trinajstić information content (AvgIpc) is 2.88. The molecule has 10 heteroatoms. The Morgan fingerprint density at radius 2 is 1.36 bits per heavy atom. The van der Waals surface area contributed by atoms with Crippen LogP contribution in [0.3, 0.4) is 0 Å². The molecular formula is C29H45NO9. The number of carbonyl (C=O) groups excluding carboxylic acids is 4. The molecule has 0 saturated heterocycles. The van der Waals surface area contributed by atoms with Crippen molar-refractivity contribution >= 4 is 24.1 Å². The molecule has 2 N–H and O–H groups in total. The van der Waals surface area contributed by atoms with Crippen molar-refractivity contribution in [1.29, 1.82) is 0 Å². The number of rotatable bonds is 18. The van der Waals surface area contributed by atoms with Gasteiger partial charge in [0.2, 0.25) is 0 Å². The number of ether oxygens (including phenoxy) is 5. The molecule has 0 aliphatic carbocycles. The van der Waals surface area contributed by atoms with Gasteiger partial charge in [-0.2, -0.15) is 0 Å². The van der Waals surface area contributed by atoms with Gasteiger partial charge in [-0.15, -0.1) is 0 Å². The largest absolute Gasteiger partial charge is 0.508 e. The molecule has 1 aromatic carbocycles. The quantitative estimate of drug-likeness (QED) is 0.143. The van der Waals surface area contributed by atoms with E-state index in [4.69, 9.17) is 29.4 Å². The van der Waals surface area contributed by atoms with E-state index in [-0.39, 0.29) is 43.5 Å². The molecule has 0 aromatic heterocycles. The van der Waals surface area contributed by atoms with E-state index in [9.17, 15) is 19.2 Å². The Hall–Kier alpha value is -3.14. The van der Waals surface area contributed by atoms with Crippen LogP contribution < -0.4 is 15.2 Å². The fourth-order valence-electron chi connectivity index (χ4n) is 3.35. The maximum absolute atomic E-state index is 12.4. The highest BCUT2D eigenvalue weighted by atomic mass is 16.7. The molecule has 1 unspecified atom stereocenters. The van der Waals surface area contributed by atoms with Gasteiger partial charge in [-0.3, -0.25) is 14.4 Å². The summed E-state index contributed by atoms with van der Waals surface area (Å²) in [6.45, 7) is 9.08. The Kier molecular flexibility index (Phi) is 16.5. The zero-order valence-corrected chi connectivity index (χ0v) is 24.0. The van der Waals surface area contributed by atoms with E-state index in [1.54, 1.807) is 19.9 Å². The Morgan fingerprint density at radius 3 is 1.92 bits per heavy atom. The molecule has 0 aliphatic rings. The van der Waals surface area contributed by atoms with Crippen molar-refractivity contribution in [2.45, 2.75) is 117 Å². The van der Waals surface area contributed by atoms with Crippen molar-refractivity contribution < 1.29 is 42.9 Å². The Bertz CT molecular complexity index is 918. The van der Waals surface area contributed by atoms with Crippen LogP contribution in [-0.2, 0) is 35.0 Å². The molecule has 0 aliphatic heterocycles. The standard InChI is InChI=1S/C29H45NO9/c1-6-9-11-13-26(31)38-24-16-15-22(18-25(24)39-27(32)14-12-10-7-2)17-23(30)28(33)35-19-21(5)37-29(34)36-20(4)8-3/h15-16,18,20-21,23H,6-14,17,19,30H2,1-5H3/t20?,21-,23-/m0/s1. The zero-order chi connectivity index (χ0) is 29.2. The number of nitrogens with two attached hydrogens (primary N) is 1. The number of benzene rings is 1. The molecule has 1 aromatic rings. The predicted octanol–water partition coefficient (Wildman–Crippen LogP) is 5.41. The second kappa shape index (κ2) is 19.0. The van der Waals surface area contributed by atoms with Crippen molar-refractivity contribution in [1.82, 2.24) is 0 Å². The van der Waals surface area contributed by atoms with Gasteiger partial charge in [-0.05, 0) is 57.2 Å². The summed E-state index contributed by atoms with van der Waals surface area (Å²) in [7, 11) is 0. The third-order valence-electron chi connectivity index (χ3n) is 5.81. The molecule has 0 amide bonds. The van der Waals surface area contributed by atoms with Gasteiger partial charge in [0.1, 0.15) is 24.9 Å². The SMILES string of the molecule is CCCCCC(=O)Oc1ccc(C[C@H](N)C(=O)OC[C@H](C)OC(=O)OC(C)CC)cc1OC(=O)CCCCC. The maximum Gasteiger partial charge on any atom is 0.508 e. The summed E-state index contributed by atoms with van der Waals surface area (Å²) in [5.41, 5.74) is 6.63. The fourth-order valence-corrected chi connectivity index (χ4v) is 3.35. The minimum atomic E-state index is -1.03. The van der Waals surface area contributed by atoms with Crippen LogP contribution >= 0.6 is 0 Å². The lowest BCUT2D eigenvalue weighted by Crippen LogP contribution is -2.36. The summed E-state index contributed by atoms with van der Waals surface area (Å²) < 4.78 is 26.3. The van der Waals surface area contributed by atoms with Gasteiger partial charge >= 0.3 is 24.1 Å². The smallest absolute Gasteiger partial charge is 0.461 e. The Morgan fingerprint density at radius 1 is 0.795 bits per heavy atom. The molecule has 39 heavy (non-hydrogen) atoms. The highest BCUT2D eigenvalue weighted by molar-refractivity contribution is 5.77. The van der Waals surface area contributed by atoms with Gasteiger partial charge in [0.25, 0.3) is 0 Å². The van der Waals surface area contributed by atoms with Crippen LogP contribution in [0.15, 0.2) is 18.2 Å². The highest BCUT2D eigenvalue weighted by Crippen LogP contribution is 2.30. The van der Waals surface area contributed by atoms with Gasteiger partial charge in [-0.1, -0.05) is 52.5 Å². The third kappa shape index (κ3) is 14.6. The van der Waals surface area contributed by atoms with Crippen LogP contribution in [0.2, 0.25) is 0 Å². The summed E-state index contributed by atoms with van der Waals surface area (Å²) in [6.07, 6.45) is 4.53. The van der Waals surface area contributed by atoms with Crippen molar-refractivity contribution in [2.75, 3.05) is 6.61 Å². The first-order chi connectivity index (χ1) is 18.6. The normalized spacial score (nSPS) is 13.1. The third-order valence-corrected chi connectivity index (χ3v) is 5.81. The number of esters is 3. The lowest BCUT2D eigenvalue weighted by molar-refractivity contribution is -0.148. The van der Waals surface area contributed by atoms with E-state index >= 15 is 0 Å². The molecule has 0 radical (unpaired) electrons. The molecule has 0 saturated carbocycles. The summed E-state index contributed by atoms with van der Waals surface area (Å²) in [4.78, 5) is 48.8. The monoisotopic (exact) mass is 551 g/mol. The summed E-state index contributed by atoms with van der Waals surface area (Å²) in [6, 6.07) is 3.68. The molecule has 0 fully saturated rings. The molecule has 1 rings (SSSR count). The van der Waals surface area contributed by atoms with Gasteiger partial charge < -0.3 is 29.4 Å². The van der Waals surface area contributed by atoms with Crippen molar-refractivity contribution in [2.24, 2.45) is 5.73 Å². The minimum absolute atomic E-state index is 0.0786. The van der Waals surface area contributed by atoms with Crippen molar-refractivity contribution in [3.05, 3.63) is 23.8 Å². The summed E-state index contributed by atoms with van der Waals surface area (Å²) in [5, 5.41) is 0. The topological polar surface area (TPSA) is 140 Å². The predicted molar refractivity (Wildman–Crippen MR) is 145 cm³/mol. The van der Waals surface area contributed by atoms with Crippen LogP contribution in [0.4, 0.5) is 4.79 Å². The summed E-state index contributed by atoms with van der Waals surface area (Å²) >= 11 is 0. The second-order valence-electron chi connectivity index (χ2n) is 9.60. The first-order valence-corrected chi connectivity index (χ1v) is 13.9. The average molecular weight is 552 g/mol. The second-order valence-corrected chi connectivity index (χ2v) is 9.60. The van der Waals surface area contributed by atoms with E-state index < -0.39 is 36.2 Å². The Labute approximate surface area is 231 Å². The fraction of sp³-hybridized carbons (Fsp3) is 0.655. The molecule has 10 nitrogen and oxygen atoms in total. The molecule has 220 valence electrons. The lowest BCUT2D eigenvalue weighted by Gasteiger charge is -2.17. The van der Waals surface area contributed by atoms with Gasteiger partial charge in [0.05, 0.1) is 0 Å². The van der Waals surface area contributed by atoms with E-state index in [0.717, 1.165) is 25.7 Å². The van der Waals surface area contributed by atoms with Crippen LogP contribution in [0.5, 0.6) is 11.5 Å². The number of hydrogen-bond donors (Lipinski definition) is 1. The van der Waals surface area contributed by atoms with E-state index in [1.165, 1.54) is 12.1 Å². The van der Waals surface area contributed by atoms with E-state index in [2.05, 4.69) is 0 Å². The van der Waals surface area contributed by atoms with Crippen molar-refractivity contribution in [3.8, 4) is 11.5 Å². The summed E-state index contributed by atoms with van der Waals surface area (Å²) in [5.74, 6) is -1.31. The molecule has 0 bridgehead atoms.